The highest BCUT2D eigenvalue weighted by molar-refractivity contribution is 7.22. The van der Waals surface area contributed by atoms with Crippen molar-refractivity contribution in [1.29, 1.82) is 0 Å². The number of hydrogen-bond donors (Lipinski definition) is 1. The number of Topliss-reactive ketones (excluding diaryl/α,β-unsaturated/α-hetero) is 1. The molecule has 2 aromatic carbocycles. The number of aliphatic hydroxyl groups excluding tert-OH is 1. The summed E-state index contributed by atoms with van der Waals surface area (Å²) in [6.45, 7) is 4.11. The zero-order chi connectivity index (χ0) is 26.3. The number of furan rings is 1. The molecule has 0 saturated heterocycles. The molecular weight excluding hydrogens is 496 g/mol. The van der Waals surface area contributed by atoms with Gasteiger partial charge >= 0.3 is 0 Å². The van der Waals surface area contributed by atoms with E-state index in [1.165, 1.54) is 36.5 Å². The Bertz CT molecular complexity index is 1550. The summed E-state index contributed by atoms with van der Waals surface area (Å²) in [6, 6.07) is 12.7. The van der Waals surface area contributed by atoms with Crippen LogP contribution in [0.4, 0.5) is 5.13 Å². The lowest BCUT2D eigenvalue weighted by atomic mass is 9.94. The number of ketones is 1. The molecule has 1 N–H and O–H groups in total. The van der Waals surface area contributed by atoms with Crippen LogP contribution in [0.25, 0.3) is 10.2 Å². The van der Waals surface area contributed by atoms with Crippen LogP contribution in [0.1, 0.15) is 34.8 Å². The smallest absolute Gasteiger partial charge is 0.296 e. The maximum Gasteiger partial charge on any atom is 0.296 e. The molecule has 0 saturated carbocycles. The van der Waals surface area contributed by atoms with Gasteiger partial charge in [0.05, 0.1) is 36.6 Å². The van der Waals surface area contributed by atoms with Crippen molar-refractivity contribution in [3.05, 3.63) is 76.9 Å². The van der Waals surface area contributed by atoms with Crippen molar-refractivity contribution in [2.75, 3.05) is 25.7 Å². The maximum atomic E-state index is 13.6. The number of amides is 1. The Balaban J connectivity index is 1.70. The van der Waals surface area contributed by atoms with Gasteiger partial charge in [-0.3, -0.25) is 14.5 Å². The van der Waals surface area contributed by atoms with E-state index in [9.17, 15) is 14.7 Å². The lowest BCUT2D eigenvalue weighted by molar-refractivity contribution is -0.117. The van der Waals surface area contributed by atoms with E-state index >= 15 is 0 Å². The minimum Gasteiger partial charge on any atom is -0.503 e. The first-order valence-corrected chi connectivity index (χ1v) is 12.3. The Hall–Kier alpha value is -4.31. The van der Waals surface area contributed by atoms with E-state index in [-0.39, 0.29) is 11.3 Å². The van der Waals surface area contributed by atoms with Crippen molar-refractivity contribution in [2.45, 2.75) is 19.9 Å². The second-order valence-corrected chi connectivity index (χ2v) is 9.23. The van der Waals surface area contributed by atoms with E-state index in [0.29, 0.717) is 45.8 Å². The lowest BCUT2D eigenvalue weighted by Gasteiger charge is -2.26. The van der Waals surface area contributed by atoms with Crippen molar-refractivity contribution in [1.82, 2.24) is 4.98 Å². The van der Waals surface area contributed by atoms with Crippen molar-refractivity contribution >= 4 is 38.4 Å². The average Bonchev–Trinajstić information content (AvgIpc) is 3.59. The number of benzene rings is 2. The molecule has 37 heavy (non-hydrogen) atoms. The molecule has 10 heteroatoms. The summed E-state index contributed by atoms with van der Waals surface area (Å²) < 4.78 is 23.0. The predicted octanol–water partition coefficient (Wildman–Crippen LogP) is 5.40. The van der Waals surface area contributed by atoms with E-state index in [2.05, 4.69) is 4.98 Å². The van der Waals surface area contributed by atoms with E-state index in [1.807, 2.05) is 13.0 Å². The highest BCUT2D eigenvalue weighted by Crippen LogP contribution is 2.48. The Labute approximate surface area is 216 Å². The number of hydrogen-bond acceptors (Lipinski definition) is 9. The van der Waals surface area contributed by atoms with Crippen molar-refractivity contribution in [2.24, 2.45) is 0 Å². The summed E-state index contributed by atoms with van der Waals surface area (Å²) in [4.78, 5) is 33.1. The molecule has 0 fully saturated rings. The third kappa shape index (κ3) is 4.09. The van der Waals surface area contributed by atoms with Crippen LogP contribution in [0.2, 0.25) is 0 Å². The number of anilines is 1. The number of ether oxygens (including phenoxy) is 3. The summed E-state index contributed by atoms with van der Waals surface area (Å²) in [5.74, 6) is -0.116. The topological polar surface area (TPSA) is 111 Å². The molecule has 0 radical (unpaired) electrons. The molecule has 0 aliphatic carbocycles. The van der Waals surface area contributed by atoms with Crippen LogP contribution in [0.3, 0.4) is 0 Å². The summed E-state index contributed by atoms with van der Waals surface area (Å²) in [5, 5.41) is 11.3. The van der Waals surface area contributed by atoms with E-state index in [4.69, 9.17) is 18.6 Å². The third-order valence-electron chi connectivity index (χ3n) is 6.01. The van der Waals surface area contributed by atoms with Gasteiger partial charge in [-0.15, -0.1) is 0 Å². The fourth-order valence-corrected chi connectivity index (χ4v) is 5.42. The van der Waals surface area contributed by atoms with Crippen LogP contribution >= 0.6 is 11.3 Å². The van der Waals surface area contributed by atoms with Crippen molar-refractivity contribution in [3.63, 3.8) is 0 Å². The first-order valence-electron chi connectivity index (χ1n) is 11.5. The number of thiazole rings is 1. The highest BCUT2D eigenvalue weighted by atomic mass is 32.1. The van der Waals surface area contributed by atoms with Gasteiger partial charge in [0.25, 0.3) is 5.91 Å². The van der Waals surface area contributed by atoms with Gasteiger partial charge in [-0.05, 0) is 50.2 Å². The zero-order valence-corrected chi connectivity index (χ0v) is 21.4. The number of carbonyl (C=O) groups excluding carboxylic acids is 2. The molecule has 1 atom stereocenters. The van der Waals surface area contributed by atoms with Crippen LogP contribution < -0.4 is 19.1 Å². The van der Waals surface area contributed by atoms with E-state index < -0.39 is 23.5 Å². The number of aliphatic hydroxyl groups is 1. The molecule has 1 aliphatic heterocycles. The van der Waals surface area contributed by atoms with E-state index in [1.54, 1.807) is 43.3 Å². The van der Waals surface area contributed by atoms with Gasteiger partial charge in [0.2, 0.25) is 5.78 Å². The van der Waals surface area contributed by atoms with Gasteiger partial charge in [-0.25, -0.2) is 4.98 Å². The van der Waals surface area contributed by atoms with Crippen LogP contribution in [0.15, 0.2) is 64.3 Å². The first kappa shape index (κ1) is 24.4. The third-order valence-corrected chi connectivity index (χ3v) is 7.03. The number of rotatable bonds is 8. The van der Waals surface area contributed by atoms with Gasteiger partial charge < -0.3 is 23.7 Å². The maximum absolute atomic E-state index is 13.6. The minimum atomic E-state index is -1.05. The summed E-state index contributed by atoms with van der Waals surface area (Å²) >= 11 is 1.25. The molecule has 9 nitrogen and oxygen atoms in total. The molecular formula is C27H24N2O7S. The quantitative estimate of drug-likeness (QED) is 0.308. The summed E-state index contributed by atoms with van der Waals surface area (Å²) in [5.41, 5.74) is 0.953. The van der Waals surface area contributed by atoms with Crippen LogP contribution in [0.5, 0.6) is 17.2 Å². The zero-order valence-electron chi connectivity index (χ0n) is 20.6. The molecule has 1 aliphatic rings. The molecule has 4 aromatic rings. The van der Waals surface area contributed by atoms with Crippen molar-refractivity contribution < 1.29 is 33.3 Å². The highest BCUT2D eigenvalue weighted by Gasteiger charge is 2.48. The molecule has 3 heterocycles. The molecule has 2 aromatic heterocycles. The number of methoxy groups -OCH3 is 2. The predicted molar refractivity (Wildman–Crippen MR) is 138 cm³/mol. The van der Waals surface area contributed by atoms with Crippen LogP contribution in [-0.4, -0.2) is 42.6 Å². The summed E-state index contributed by atoms with van der Waals surface area (Å²) in [6.07, 6.45) is 0. The Morgan fingerprint density at radius 1 is 1.16 bits per heavy atom. The number of carbonyl (C=O) groups is 2. The molecule has 0 unspecified atom stereocenters. The largest absolute Gasteiger partial charge is 0.503 e. The van der Waals surface area contributed by atoms with Crippen LogP contribution in [0, 0.1) is 6.92 Å². The normalized spacial score (nSPS) is 15.5. The standard InChI is InChI=1S/C27H24N2O7S/c1-5-35-15-10-11-17-20(13-15)37-27(28-17)29-22(16-7-6-8-19(33-3)25(16)34-4)21(24(31)26(29)32)23(30)18-12-9-14(2)36-18/h6-13,22,31H,5H2,1-4H3/t22-/m1/s1. The first-order chi connectivity index (χ1) is 17.9. The number of nitrogens with zero attached hydrogens (tertiary/aromatic N) is 2. The molecule has 5 rings (SSSR count). The number of aryl methyl sites for hydroxylation is 1. The Kier molecular flexibility index (Phi) is 6.34. The fraction of sp³-hybridized carbons (Fsp3) is 0.222. The van der Waals surface area contributed by atoms with Gasteiger partial charge in [-0.1, -0.05) is 23.5 Å². The Morgan fingerprint density at radius 2 is 1.97 bits per heavy atom. The number of aromatic nitrogens is 1. The molecule has 0 spiro atoms. The van der Waals surface area contributed by atoms with E-state index in [0.717, 1.165) is 4.70 Å². The monoisotopic (exact) mass is 520 g/mol. The minimum absolute atomic E-state index is 0.00576. The Morgan fingerprint density at radius 3 is 2.65 bits per heavy atom. The number of para-hydroxylation sites is 1. The average molecular weight is 521 g/mol. The van der Waals surface area contributed by atoms with Crippen molar-refractivity contribution in [3.8, 4) is 17.2 Å². The van der Waals surface area contributed by atoms with Gasteiger partial charge in [0, 0.05) is 5.56 Å². The molecule has 190 valence electrons. The lowest BCUT2D eigenvalue weighted by Crippen LogP contribution is -2.31. The van der Waals surface area contributed by atoms with Crippen LogP contribution in [-0.2, 0) is 4.79 Å². The molecule has 1 amide bonds. The number of fused-ring (bicyclic) bond motifs is 1. The summed E-state index contributed by atoms with van der Waals surface area (Å²) in [7, 11) is 2.96. The van der Waals surface area contributed by atoms with Gasteiger partial charge in [-0.2, -0.15) is 0 Å². The molecule has 0 bridgehead atoms. The van der Waals surface area contributed by atoms with Gasteiger partial charge in [0.1, 0.15) is 17.6 Å². The second kappa shape index (κ2) is 9.62. The second-order valence-electron chi connectivity index (χ2n) is 8.22. The fourth-order valence-electron chi connectivity index (χ4n) is 4.40. The van der Waals surface area contributed by atoms with Gasteiger partial charge in [0.15, 0.2) is 28.1 Å². The SMILES string of the molecule is CCOc1ccc2nc(N3C(=O)C(O)=C(C(=O)c4ccc(C)o4)[C@H]3c3cccc(OC)c3OC)sc2c1.